The molecule has 0 bridgehead atoms. The minimum Gasteiger partial charge on any atom is -0.452 e. The average Bonchev–Trinajstić information content (AvgIpc) is 3.19. The predicted octanol–water partition coefficient (Wildman–Crippen LogP) is 5.01. The maximum atomic E-state index is 13.1. The van der Waals surface area contributed by atoms with E-state index in [4.69, 9.17) is 16.3 Å². The second kappa shape index (κ2) is 10.6. The zero-order chi connectivity index (χ0) is 23.2. The van der Waals surface area contributed by atoms with Gasteiger partial charge in [0.2, 0.25) is 0 Å². The van der Waals surface area contributed by atoms with Gasteiger partial charge in [-0.2, -0.15) is 0 Å². The van der Waals surface area contributed by atoms with Gasteiger partial charge in [0.15, 0.2) is 6.61 Å². The number of benzene rings is 2. The third-order valence-corrected chi connectivity index (χ3v) is 6.91. The van der Waals surface area contributed by atoms with Gasteiger partial charge in [-0.3, -0.25) is 9.59 Å². The molecule has 0 unspecified atom stereocenters. The number of anilines is 1. The number of fused-ring (bicyclic) bond motifs is 1. The van der Waals surface area contributed by atoms with Crippen molar-refractivity contribution in [2.24, 2.45) is 0 Å². The summed E-state index contributed by atoms with van der Waals surface area (Å²) in [6, 6.07) is 16.1. The molecule has 1 aliphatic rings. The van der Waals surface area contributed by atoms with Crippen LogP contribution >= 0.6 is 22.9 Å². The van der Waals surface area contributed by atoms with Crippen molar-refractivity contribution in [2.75, 3.05) is 11.9 Å². The summed E-state index contributed by atoms with van der Waals surface area (Å²) >= 11 is 7.43. The van der Waals surface area contributed by atoms with Crippen molar-refractivity contribution in [1.29, 1.82) is 0 Å². The molecule has 1 aromatic heterocycles. The van der Waals surface area contributed by atoms with Crippen molar-refractivity contribution in [3.63, 3.8) is 0 Å². The normalized spacial score (nSPS) is 12.5. The first kappa shape index (κ1) is 23.0. The number of hydrogen-bond acceptors (Lipinski definition) is 5. The zero-order valence-corrected chi connectivity index (χ0v) is 19.4. The zero-order valence-electron chi connectivity index (χ0n) is 17.9. The van der Waals surface area contributed by atoms with Gasteiger partial charge in [0.1, 0.15) is 5.00 Å². The summed E-state index contributed by atoms with van der Waals surface area (Å²) < 4.78 is 5.12. The molecule has 2 amide bonds. The van der Waals surface area contributed by atoms with E-state index in [0.717, 1.165) is 41.7 Å². The molecule has 0 aliphatic heterocycles. The summed E-state index contributed by atoms with van der Waals surface area (Å²) in [4.78, 5) is 39.0. The number of thiophene rings is 1. The van der Waals surface area contributed by atoms with Crippen LogP contribution in [-0.4, -0.2) is 24.4 Å². The molecule has 0 radical (unpaired) electrons. The summed E-state index contributed by atoms with van der Waals surface area (Å²) in [7, 11) is 0. The van der Waals surface area contributed by atoms with E-state index in [9.17, 15) is 14.4 Å². The Morgan fingerprint density at radius 3 is 2.48 bits per heavy atom. The van der Waals surface area contributed by atoms with Gasteiger partial charge in [0, 0.05) is 11.4 Å². The number of halogens is 1. The first-order valence-electron chi connectivity index (χ1n) is 10.7. The lowest BCUT2D eigenvalue weighted by Gasteiger charge is -2.13. The van der Waals surface area contributed by atoms with Crippen LogP contribution in [0.1, 0.15) is 49.6 Å². The lowest BCUT2D eigenvalue weighted by atomic mass is 9.95. The first-order valence-corrected chi connectivity index (χ1v) is 11.9. The van der Waals surface area contributed by atoms with Crippen LogP contribution in [0, 0.1) is 0 Å². The Kier molecular flexibility index (Phi) is 7.42. The fraction of sp³-hybridized carbons (Fsp3) is 0.240. The highest BCUT2D eigenvalue weighted by Gasteiger charge is 2.26. The molecule has 0 atom stereocenters. The molecule has 0 saturated heterocycles. The van der Waals surface area contributed by atoms with Crippen LogP contribution in [0.25, 0.3) is 0 Å². The highest BCUT2D eigenvalue weighted by atomic mass is 35.5. The van der Waals surface area contributed by atoms with Gasteiger partial charge in [0.25, 0.3) is 11.8 Å². The minimum absolute atomic E-state index is 0.194. The number of hydrogen-bond donors (Lipinski definition) is 2. The maximum absolute atomic E-state index is 13.1. The molecule has 1 aliphatic carbocycles. The highest BCUT2D eigenvalue weighted by Crippen LogP contribution is 2.38. The van der Waals surface area contributed by atoms with Gasteiger partial charge in [-0.15, -0.1) is 11.3 Å². The Balaban J connectivity index is 1.45. The van der Waals surface area contributed by atoms with Gasteiger partial charge in [-0.1, -0.05) is 54.1 Å². The van der Waals surface area contributed by atoms with Crippen LogP contribution in [0.5, 0.6) is 0 Å². The van der Waals surface area contributed by atoms with Crippen LogP contribution in [0.2, 0.25) is 5.02 Å². The molecule has 6 nitrogen and oxygen atoms in total. The van der Waals surface area contributed by atoms with E-state index in [-0.39, 0.29) is 16.5 Å². The summed E-state index contributed by atoms with van der Waals surface area (Å²) in [5.74, 6) is -1.41. The molecular weight excluding hydrogens is 460 g/mol. The second-order valence-corrected chi connectivity index (χ2v) is 9.20. The molecule has 2 N–H and O–H groups in total. The van der Waals surface area contributed by atoms with E-state index in [1.54, 1.807) is 18.2 Å². The average molecular weight is 483 g/mol. The van der Waals surface area contributed by atoms with E-state index < -0.39 is 18.5 Å². The maximum Gasteiger partial charge on any atom is 0.340 e. The summed E-state index contributed by atoms with van der Waals surface area (Å²) in [5.41, 5.74) is 2.70. The molecule has 1 heterocycles. The molecule has 8 heteroatoms. The van der Waals surface area contributed by atoms with E-state index in [2.05, 4.69) is 10.6 Å². The molecule has 0 spiro atoms. The van der Waals surface area contributed by atoms with Gasteiger partial charge < -0.3 is 15.4 Å². The smallest absolute Gasteiger partial charge is 0.340 e. The van der Waals surface area contributed by atoms with E-state index in [1.165, 1.54) is 17.4 Å². The molecule has 4 rings (SSSR count). The Bertz CT molecular complexity index is 1180. The number of rotatable bonds is 7. The highest BCUT2D eigenvalue weighted by molar-refractivity contribution is 7.17. The van der Waals surface area contributed by atoms with Crippen LogP contribution in [0.3, 0.4) is 0 Å². The topological polar surface area (TPSA) is 84.5 Å². The quantitative estimate of drug-likeness (QED) is 0.464. The fourth-order valence-corrected chi connectivity index (χ4v) is 5.27. The summed E-state index contributed by atoms with van der Waals surface area (Å²) in [6.45, 7) is -0.0785. The van der Waals surface area contributed by atoms with Crippen molar-refractivity contribution < 1.29 is 19.1 Å². The van der Waals surface area contributed by atoms with Crippen LogP contribution in [0.4, 0.5) is 5.00 Å². The second-order valence-electron chi connectivity index (χ2n) is 7.69. The monoisotopic (exact) mass is 482 g/mol. The van der Waals surface area contributed by atoms with Crippen molar-refractivity contribution in [3.8, 4) is 0 Å². The van der Waals surface area contributed by atoms with Gasteiger partial charge in [0.05, 0.1) is 16.1 Å². The van der Waals surface area contributed by atoms with Crippen molar-refractivity contribution in [1.82, 2.24) is 5.32 Å². The minimum atomic E-state index is -0.679. The summed E-state index contributed by atoms with van der Waals surface area (Å²) in [6.07, 6.45) is 3.75. The molecule has 2 aromatic carbocycles. The number of aryl methyl sites for hydroxylation is 1. The third kappa shape index (κ3) is 5.61. The molecular formula is C25H23ClN2O4S. The van der Waals surface area contributed by atoms with Gasteiger partial charge in [-0.05, 0) is 48.9 Å². The Morgan fingerprint density at radius 2 is 1.70 bits per heavy atom. The third-order valence-electron chi connectivity index (χ3n) is 5.38. The van der Waals surface area contributed by atoms with Gasteiger partial charge in [-0.25, -0.2) is 4.79 Å². The first-order chi connectivity index (χ1) is 16.0. The number of ether oxygens (including phenoxy) is 1. The number of carbonyl (C=O) groups is 3. The largest absolute Gasteiger partial charge is 0.452 e. The molecule has 0 saturated carbocycles. The van der Waals surface area contributed by atoms with E-state index in [1.807, 2.05) is 30.3 Å². The Morgan fingerprint density at radius 1 is 0.970 bits per heavy atom. The standard InChI is InChI=1S/C25H23ClN2O4S/c26-19-12-6-4-10-17(19)25(31)32-15-21(29)28-24-22(18-11-5-7-13-20(18)33-24)23(30)27-14-16-8-2-1-3-9-16/h1-4,6,8-10,12H,5,7,11,13-15H2,(H,27,30)(H,28,29). The van der Waals surface area contributed by atoms with Crippen LogP contribution in [-0.2, 0) is 28.9 Å². The van der Waals surface area contributed by atoms with Crippen molar-refractivity contribution >= 4 is 45.7 Å². The number of esters is 1. The van der Waals surface area contributed by atoms with Crippen molar-refractivity contribution in [3.05, 3.63) is 86.8 Å². The SMILES string of the molecule is O=C(COC(=O)c1ccccc1Cl)Nc1sc2c(c1C(=O)NCc1ccccc1)CCCC2. The fourth-order valence-electron chi connectivity index (χ4n) is 3.76. The predicted molar refractivity (Wildman–Crippen MR) is 129 cm³/mol. The molecule has 33 heavy (non-hydrogen) atoms. The lowest BCUT2D eigenvalue weighted by molar-refractivity contribution is -0.119. The van der Waals surface area contributed by atoms with Crippen LogP contribution in [0.15, 0.2) is 54.6 Å². The van der Waals surface area contributed by atoms with Crippen LogP contribution < -0.4 is 10.6 Å². The van der Waals surface area contributed by atoms with Gasteiger partial charge >= 0.3 is 5.97 Å². The Hall–Kier alpha value is -3.16. The molecule has 170 valence electrons. The lowest BCUT2D eigenvalue weighted by Crippen LogP contribution is -2.26. The number of nitrogens with one attached hydrogen (secondary N) is 2. The van der Waals surface area contributed by atoms with Crippen molar-refractivity contribution in [2.45, 2.75) is 32.2 Å². The number of carbonyl (C=O) groups excluding carboxylic acids is 3. The summed E-state index contributed by atoms with van der Waals surface area (Å²) in [5, 5.41) is 6.48. The Labute approximate surface area is 200 Å². The van der Waals surface area contributed by atoms with E-state index >= 15 is 0 Å². The molecule has 3 aromatic rings. The van der Waals surface area contributed by atoms with E-state index in [0.29, 0.717) is 17.1 Å². The number of amides is 2. The molecule has 0 fully saturated rings.